The highest BCUT2D eigenvalue weighted by Gasteiger charge is 2.43. The van der Waals surface area contributed by atoms with Crippen LogP contribution in [-0.2, 0) is 5.92 Å². The third kappa shape index (κ3) is 3.73. The van der Waals surface area contributed by atoms with E-state index in [0.29, 0.717) is 11.1 Å². The summed E-state index contributed by atoms with van der Waals surface area (Å²) in [5.41, 5.74) is 2.43. The van der Waals surface area contributed by atoms with E-state index in [1.54, 1.807) is 30.3 Å². The molecule has 0 unspecified atom stereocenters. The number of aryl methyl sites for hydroxylation is 1. The average molecular weight is 306 g/mol. The van der Waals surface area contributed by atoms with Crippen molar-refractivity contribution in [3.05, 3.63) is 59.2 Å². The van der Waals surface area contributed by atoms with E-state index in [1.807, 2.05) is 54.5 Å². The van der Waals surface area contributed by atoms with E-state index in [0.717, 1.165) is 5.56 Å². The predicted molar refractivity (Wildman–Crippen MR) is 93.7 cm³/mol. The van der Waals surface area contributed by atoms with Gasteiger partial charge in [0.15, 0.2) is 0 Å². The molecule has 0 atom stereocenters. The Hall–Kier alpha value is -1.70. The first-order valence-electron chi connectivity index (χ1n) is 8.19. The topological polar surface area (TPSA) is 0 Å². The molecule has 2 aromatic rings. The summed E-state index contributed by atoms with van der Waals surface area (Å²) in [6.45, 7) is 13.8. The van der Waals surface area contributed by atoms with Gasteiger partial charge in [-0.2, -0.15) is 8.78 Å². The maximum atomic E-state index is 14.1. The summed E-state index contributed by atoms with van der Waals surface area (Å²) in [6, 6.07) is 11.9. The molecule has 1 aliphatic carbocycles. The van der Waals surface area contributed by atoms with Gasteiger partial charge in [-0.3, -0.25) is 0 Å². The number of alkyl halides is 2. The third-order valence-corrected chi connectivity index (χ3v) is 3.07. The fourth-order valence-corrected chi connectivity index (χ4v) is 2.29. The Balaban J connectivity index is 0.000000661. The molecule has 0 spiro atoms. The summed E-state index contributed by atoms with van der Waals surface area (Å²) >= 11 is 0. The summed E-state index contributed by atoms with van der Waals surface area (Å²) in [7, 11) is 0. The van der Waals surface area contributed by atoms with E-state index in [-0.39, 0.29) is 11.1 Å². The van der Waals surface area contributed by atoms with Crippen LogP contribution in [0.5, 0.6) is 0 Å². The minimum Gasteiger partial charge on any atom is -0.196 e. The van der Waals surface area contributed by atoms with Crippen LogP contribution in [0.1, 0.15) is 58.2 Å². The highest BCUT2D eigenvalue weighted by atomic mass is 19.3. The first-order chi connectivity index (χ1) is 10.6. The molecule has 0 saturated carbocycles. The van der Waals surface area contributed by atoms with Crippen molar-refractivity contribution in [2.24, 2.45) is 0 Å². The number of fused-ring (bicyclic) bond motifs is 3. The minimum absolute atomic E-state index is 0.121. The standard InChI is InChI=1S/C14H10F2.3C2H6/c1-9-6-7-11-10-4-2-3-5-12(10)14(15,16)13(11)8-9;3*1-2/h2-8H,1H3;3*1-2H3. The molecule has 0 bridgehead atoms. The van der Waals surface area contributed by atoms with E-state index < -0.39 is 5.92 Å². The van der Waals surface area contributed by atoms with E-state index in [2.05, 4.69) is 0 Å². The second-order valence-corrected chi connectivity index (χ2v) is 4.17. The zero-order valence-corrected chi connectivity index (χ0v) is 14.8. The van der Waals surface area contributed by atoms with Gasteiger partial charge < -0.3 is 0 Å². The molecule has 0 saturated heterocycles. The Bertz CT molecular complexity index is 572. The number of benzene rings is 2. The highest BCUT2D eigenvalue weighted by molar-refractivity contribution is 5.79. The van der Waals surface area contributed by atoms with Gasteiger partial charge in [-0.25, -0.2) is 0 Å². The maximum Gasteiger partial charge on any atom is 0.299 e. The molecule has 2 aromatic carbocycles. The van der Waals surface area contributed by atoms with Gasteiger partial charge in [0.2, 0.25) is 0 Å². The quantitative estimate of drug-likeness (QED) is 0.483. The van der Waals surface area contributed by atoms with Crippen LogP contribution in [-0.4, -0.2) is 0 Å². The Morgan fingerprint density at radius 3 is 1.77 bits per heavy atom. The third-order valence-electron chi connectivity index (χ3n) is 3.07. The molecule has 2 heteroatoms. The SMILES string of the molecule is CC.CC.CC.Cc1ccc2c(c1)C(F)(F)c1ccccc1-2. The normalized spacial score (nSPS) is 12.2. The van der Waals surface area contributed by atoms with Crippen LogP contribution in [0.15, 0.2) is 42.5 Å². The van der Waals surface area contributed by atoms with Crippen molar-refractivity contribution in [1.82, 2.24) is 0 Å². The van der Waals surface area contributed by atoms with Crippen LogP contribution in [0.25, 0.3) is 11.1 Å². The van der Waals surface area contributed by atoms with Crippen LogP contribution in [0.4, 0.5) is 8.78 Å². The number of hydrogen-bond acceptors (Lipinski definition) is 0. The molecule has 0 nitrogen and oxygen atoms in total. The van der Waals surface area contributed by atoms with E-state index >= 15 is 0 Å². The summed E-state index contributed by atoms with van der Waals surface area (Å²) in [4.78, 5) is 0. The largest absolute Gasteiger partial charge is 0.299 e. The predicted octanol–water partition coefficient (Wildman–Crippen LogP) is 7.19. The van der Waals surface area contributed by atoms with Crippen LogP contribution in [0.2, 0.25) is 0 Å². The second-order valence-electron chi connectivity index (χ2n) is 4.17. The van der Waals surface area contributed by atoms with Crippen molar-refractivity contribution >= 4 is 0 Å². The number of halogens is 2. The zero-order valence-electron chi connectivity index (χ0n) is 14.8. The van der Waals surface area contributed by atoms with Crippen molar-refractivity contribution in [1.29, 1.82) is 0 Å². The van der Waals surface area contributed by atoms with Crippen LogP contribution in [0, 0.1) is 6.92 Å². The van der Waals surface area contributed by atoms with Crippen molar-refractivity contribution in [2.45, 2.75) is 54.4 Å². The summed E-state index contributed by atoms with van der Waals surface area (Å²) in [5.74, 6) is -2.85. The van der Waals surface area contributed by atoms with Crippen molar-refractivity contribution in [3.8, 4) is 11.1 Å². The van der Waals surface area contributed by atoms with E-state index in [9.17, 15) is 8.78 Å². The van der Waals surface area contributed by atoms with Crippen molar-refractivity contribution < 1.29 is 8.78 Å². The Labute approximate surface area is 134 Å². The molecule has 0 N–H and O–H groups in total. The molecule has 0 fully saturated rings. The minimum atomic E-state index is -2.85. The summed E-state index contributed by atoms with van der Waals surface area (Å²) < 4.78 is 28.2. The summed E-state index contributed by atoms with van der Waals surface area (Å²) in [6.07, 6.45) is 0. The Morgan fingerprint density at radius 2 is 1.18 bits per heavy atom. The lowest BCUT2D eigenvalue weighted by Gasteiger charge is -2.12. The van der Waals surface area contributed by atoms with Gasteiger partial charge in [-0.15, -0.1) is 0 Å². The molecule has 0 radical (unpaired) electrons. The monoisotopic (exact) mass is 306 g/mol. The number of rotatable bonds is 0. The van der Waals surface area contributed by atoms with Crippen LogP contribution in [0.3, 0.4) is 0 Å². The fourth-order valence-electron chi connectivity index (χ4n) is 2.29. The second kappa shape index (κ2) is 9.34. The van der Waals surface area contributed by atoms with Gasteiger partial charge in [0.25, 0.3) is 5.92 Å². The molecule has 3 rings (SSSR count). The first kappa shape index (κ1) is 20.3. The molecule has 0 aliphatic heterocycles. The smallest absolute Gasteiger partial charge is 0.196 e. The lowest BCUT2D eigenvalue weighted by molar-refractivity contribution is 0.0479. The van der Waals surface area contributed by atoms with Gasteiger partial charge in [0.1, 0.15) is 0 Å². The maximum absolute atomic E-state index is 14.1. The van der Waals surface area contributed by atoms with Gasteiger partial charge in [-0.1, -0.05) is 83.5 Å². The molecule has 0 amide bonds. The highest BCUT2D eigenvalue weighted by Crippen LogP contribution is 2.50. The number of hydrogen-bond donors (Lipinski definition) is 0. The Kier molecular flexibility index (Phi) is 8.62. The molecular weight excluding hydrogens is 278 g/mol. The summed E-state index contributed by atoms with van der Waals surface area (Å²) in [5, 5.41) is 0. The molecule has 0 heterocycles. The van der Waals surface area contributed by atoms with Gasteiger partial charge in [0.05, 0.1) is 0 Å². The molecule has 122 valence electrons. The van der Waals surface area contributed by atoms with Crippen LogP contribution >= 0.6 is 0 Å². The van der Waals surface area contributed by atoms with E-state index in [4.69, 9.17) is 0 Å². The molecule has 1 aliphatic rings. The van der Waals surface area contributed by atoms with Crippen molar-refractivity contribution in [3.63, 3.8) is 0 Å². The molecule has 22 heavy (non-hydrogen) atoms. The van der Waals surface area contributed by atoms with Crippen LogP contribution < -0.4 is 0 Å². The first-order valence-corrected chi connectivity index (χ1v) is 8.19. The Morgan fingerprint density at radius 1 is 0.682 bits per heavy atom. The van der Waals surface area contributed by atoms with Gasteiger partial charge in [-0.05, 0) is 24.1 Å². The lowest BCUT2D eigenvalue weighted by Crippen LogP contribution is -2.10. The van der Waals surface area contributed by atoms with Gasteiger partial charge in [0, 0.05) is 11.1 Å². The van der Waals surface area contributed by atoms with E-state index in [1.165, 1.54) is 6.07 Å². The molecular formula is C20H28F2. The fraction of sp³-hybridized carbons (Fsp3) is 0.400. The average Bonchev–Trinajstić information content (AvgIpc) is 2.81. The molecule has 0 aromatic heterocycles. The van der Waals surface area contributed by atoms with Gasteiger partial charge >= 0.3 is 0 Å². The zero-order chi connectivity index (χ0) is 17.3. The lowest BCUT2D eigenvalue weighted by atomic mass is 10.0. The van der Waals surface area contributed by atoms with Crippen molar-refractivity contribution in [2.75, 3.05) is 0 Å².